The van der Waals surface area contributed by atoms with Crippen molar-refractivity contribution in [2.45, 2.75) is 6.92 Å². The molecule has 1 amide bonds. The van der Waals surface area contributed by atoms with E-state index in [0.717, 1.165) is 23.5 Å². The van der Waals surface area contributed by atoms with Crippen LogP contribution in [-0.4, -0.2) is 30.1 Å². The van der Waals surface area contributed by atoms with Crippen LogP contribution in [0.25, 0.3) is 0 Å². The largest absolute Gasteiger partial charge is 0.478 e. The Labute approximate surface area is 107 Å². The third kappa shape index (κ3) is 3.42. The van der Waals surface area contributed by atoms with Gasteiger partial charge in [0.05, 0.1) is 12.8 Å². The number of ether oxygens (including phenoxy) is 1. The molecule has 1 rings (SSSR count). The van der Waals surface area contributed by atoms with E-state index in [4.69, 9.17) is 5.11 Å². The second-order valence-electron chi connectivity index (χ2n) is 3.28. The van der Waals surface area contributed by atoms with Crippen LogP contribution in [0.5, 0.6) is 0 Å². The van der Waals surface area contributed by atoms with Gasteiger partial charge >= 0.3 is 11.9 Å². The highest BCUT2D eigenvalue weighted by molar-refractivity contribution is 7.12. The van der Waals surface area contributed by atoms with Gasteiger partial charge in [-0.15, -0.1) is 11.3 Å². The first kappa shape index (κ1) is 13.9. The Morgan fingerprint density at radius 2 is 2.06 bits per heavy atom. The Morgan fingerprint density at radius 3 is 2.61 bits per heavy atom. The molecule has 18 heavy (non-hydrogen) atoms. The Bertz CT molecular complexity index is 518. The topological polar surface area (TPSA) is 92.7 Å². The summed E-state index contributed by atoms with van der Waals surface area (Å²) in [5.74, 6) is -2.39. The minimum Gasteiger partial charge on any atom is -0.478 e. The molecule has 0 saturated heterocycles. The Kier molecular flexibility index (Phi) is 4.61. The number of aliphatic carboxylic acids is 1. The molecule has 0 saturated carbocycles. The highest BCUT2D eigenvalue weighted by atomic mass is 32.1. The van der Waals surface area contributed by atoms with Crippen molar-refractivity contribution < 1.29 is 24.2 Å². The van der Waals surface area contributed by atoms with Crippen LogP contribution in [0.2, 0.25) is 0 Å². The second-order valence-corrected chi connectivity index (χ2v) is 4.15. The average Bonchev–Trinajstić information content (AvgIpc) is 2.68. The molecule has 1 heterocycles. The molecule has 0 spiro atoms. The molecule has 7 heteroatoms. The number of thiophene rings is 1. The Balaban J connectivity index is 2.90. The van der Waals surface area contributed by atoms with Gasteiger partial charge in [-0.2, -0.15) is 0 Å². The smallest absolute Gasteiger partial charge is 0.350 e. The van der Waals surface area contributed by atoms with E-state index in [1.54, 1.807) is 12.3 Å². The van der Waals surface area contributed by atoms with Gasteiger partial charge in [-0.25, -0.2) is 9.59 Å². The monoisotopic (exact) mass is 269 g/mol. The molecule has 0 atom stereocenters. The molecule has 0 bridgehead atoms. The van der Waals surface area contributed by atoms with Gasteiger partial charge in [0, 0.05) is 12.2 Å². The predicted octanol–water partition coefficient (Wildman–Crippen LogP) is 1.42. The van der Waals surface area contributed by atoms with Crippen molar-refractivity contribution >= 4 is 34.9 Å². The maximum absolute atomic E-state index is 11.4. The van der Waals surface area contributed by atoms with E-state index in [9.17, 15) is 14.4 Å². The van der Waals surface area contributed by atoms with Crippen LogP contribution in [0.15, 0.2) is 17.5 Å². The van der Waals surface area contributed by atoms with E-state index in [2.05, 4.69) is 10.1 Å². The van der Waals surface area contributed by atoms with Crippen molar-refractivity contribution in [2.24, 2.45) is 0 Å². The number of amides is 1. The number of carbonyl (C=O) groups is 3. The summed E-state index contributed by atoms with van der Waals surface area (Å²) in [6, 6.07) is 0. The third-order valence-electron chi connectivity index (χ3n) is 1.97. The lowest BCUT2D eigenvalue weighted by Gasteiger charge is -2.04. The Hall–Kier alpha value is -2.15. The highest BCUT2D eigenvalue weighted by Crippen LogP contribution is 2.28. The van der Waals surface area contributed by atoms with Crippen molar-refractivity contribution in [3.05, 3.63) is 28.0 Å². The van der Waals surface area contributed by atoms with E-state index >= 15 is 0 Å². The maximum Gasteiger partial charge on any atom is 0.350 e. The number of carboxylic acid groups (broad SMARTS) is 1. The minimum atomic E-state index is -1.22. The first-order chi connectivity index (χ1) is 8.45. The van der Waals surface area contributed by atoms with Gasteiger partial charge in [0.25, 0.3) is 0 Å². The lowest BCUT2D eigenvalue weighted by atomic mass is 10.2. The van der Waals surface area contributed by atoms with Crippen LogP contribution in [-0.2, 0) is 14.3 Å². The molecule has 96 valence electrons. The molecule has 0 aliphatic rings. The summed E-state index contributed by atoms with van der Waals surface area (Å²) in [6.45, 7) is 1.72. The lowest BCUT2D eigenvalue weighted by molar-refractivity contribution is -0.131. The number of aryl methyl sites for hydroxylation is 1. The van der Waals surface area contributed by atoms with Crippen LogP contribution in [0.1, 0.15) is 15.2 Å². The van der Waals surface area contributed by atoms with Crippen LogP contribution in [0.4, 0.5) is 5.69 Å². The number of carbonyl (C=O) groups excluding carboxylic acids is 2. The van der Waals surface area contributed by atoms with E-state index < -0.39 is 17.8 Å². The second kappa shape index (κ2) is 5.97. The van der Waals surface area contributed by atoms with Crippen molar-refractivity contribution in [2.75, 3.05) is 12.4 Å². The summed E-state index contributed by atoms with van der Waals surface area (Å²) >= 11 is 1.15. The van der Waals surface area contributed by atoms with Gasteiger partial charge in [-0.3, -0.25) is 4.79 Å². The zero-order valence-corrected chi connectivity index (χ0v) is 10.5. The first-order valence-corrected chi connectivity index (χ1v) is 5.72. The number of hydrogen-bond acceptors (Lipinski definition) is 5. The molecule has 6 nitrogen and oxygen atoms in total. The zero-order valence-electron chi connectivity index (χ0n) is 9.72. The van der Waals surface area contributed by atoms with Crippen molar-refractivity contribution in [3.8, 4) is 0 Å². The molecule has 1 aromatic heterocycles. The van der Waals surface area contributed by atoms with Crippen LogP contribution < -0.4 is 5.32 Å². The maximum atomic E-state index is 11.4. The molecule has 0 unspecified atom stereocenters. The Morgan fingerprint density at radius 1 is 1.39 bits per heavy atom. The molecule has 0 aliphatic carbocycles. The summed E-state index contributed by atoms with van der Waals surface area (Å²) in [5.41, 5.74) is 1.05. The first-order valence-electron chi connectivity index (χ1n) is 4.84. The van der Waals surface area contributed by atoms with E-state index in [0.29, 0.717) is 11.3 Å². The molecule has 1 aromatic rings. The number of methoxy groups -OCH3 is 1. The summed E-state index contributed by atoms with van der Waals surface area (Å²) in [5, 5.41) is 12.5. The zero-order chi connectivity index (χ0) is 13.7. The number of anilines is 1. The fourth-order valence-corrected chi connectivity index (χ4v) is 2.08. The number of carboxylic acids is 1. The standard InChI is InChI=1S/C11H11NO5S/c1-6-5-18-10(11(16)17-2)9(6)12-7(13)3-4-8(14)15/h3-5H,1-2H3,(H,12,13)(H,14,15)/b4-3-. The highest BCUT2D eigenvalue weighted by Gasteiger charge is 2.17. The van der Waals surface area contributed by atoms with E-state index in [1.807, 2.05) is 0 Å². The average molecular weight is 269 g/mol. The van der Waals surface area contributed by atoms with E-state index in [1.165, 1.54) is 7.11 Å². The van der Waals surface area contributed by atoms with E-state index in [-0.39, 0.29) is 4.88 Å². The van der Waals surface area contributed by atoms with Gasteiger partial charge in [-0.05, 0) is 17.9 Å². The number of hydrogen-bond donors (Lipinski definition) is 2. The fourth-order valence-electron chi connectivity index (χ4n) is 1.15. The minimum absolute atomic E-state index is 0.270. The van der Waals surface area contributed by atoms with Crippen LogP contribution in [0, 0.1) is 6.92 Å². The van der Waals surface area contributed by atoms with Gasteiger partial charge in [0.15, 0.2) is 0 Å². The summed E-state index contributed by atoms with van der Waals surface area (Å²) < 4.78 is 4.58. The number of esters is 1. The summed E-state index contributed by atoms with van der Waals surface area (Å²) in [7, 11) is 1.24. The number of nitrogens with one attached hydrogen (secondary N) is 1. The van der Waals surface area contributed by atoms with Crippen molar-refractivity contribution in [1.29, 1.82) is 0 Å². The molecule has 0 fully saturated rings. The predicted molar refractivity (Wildman–Crippen MR) is 65.8 cm³/mol. The third-order valence-corrected chi connectivity index (χ3v) is 3.05. The fraction of sp³-hybridized carbons (Fsp3) is 0.182. The van der Waals surface area contributed by atoms with Crippen LogP contribution in [0.3, 0.4) is 0 Å². The lowest BCUT2D eigenvalue weighted by Crippen LogP contribution is -2.12. The van der Waals surface area contributed by atoms with Gasteiger partial charge in [-0.1, -0.05) is 0 Å². The quantitative estimate of drug-likeness (QED) is 0.637. The number of rotatable bonds is 4. The molecule has 0 radical (unpaired) electrons. The van der Waals surface area contributed by atoms with Crippen molar-refractivity contribution in [1.82, 2.24) is 0 Å². The van der Waals surface area contributed by atoms with Gasteiger partial charge in [0.1, 0.15) is 4.88 Å². The summed E-state index contributed by atoms with van der Waals surface area (Å²) in [6.07, 6.45) is 1.59. The molecule has 0 aliphatic heterocycles. The molecule has 0 aromatic carbocycles. The van der Waals surface area contributed by atoms with Crippen molar-refractivity contribution in [3.63, 3.8) is 0 Å². The van der Waals surface area contributed by atoms with Gasteiger partial charge < -0.3 is 15.2 Å². The molecular formula is C11H11NO5S. The summed E-state index contributed by atoms with van der Waals surface area (Å²) in [4.78, 5) is 33.4. The SMILES string of the molecule is COC(=O)c1scc(C)c1NC(=O)/C=C\C(=O)O. The van der Waals surface area contributed by atoms with Crippen LogP contribution >= 0.6 is 11.3 Å². The van der Waals surface area contributed by atoms with Gasteiger partial charge in [0.2, 0.25) is 5.91 Å². The normalized spacial score (nSPS) is 10.3. The molecule has 2 N–H and O–H groups in total. The molecular weight excluding hydrogens is 258 g/mol.